The Hall–Kier alpha value is -3.09. The number of carbonyl (C=O) groups is 2. The summed E-state index contributed by atoms with van der Waals surface area (Å²) in [5.74, 6) is -1.45. The molecule has 0 heterocycles. The van der Waals surface area contributed by atoms with Crippen molar-refractivity contribution in [3.8, 4) is 5.75 Å². The summed E-state index contributed by atoms with van der Waals surface area (Å²) in [5.41, 5.74) is 0.0161. The molecular formula is C18H12F3O4-. The third kappa shape index (κ3) is 5.49. The van der Waals surface area contributed by atoms with E-state index in [0.717, 1.165) is 12.1 Å². The molecule has 2 rings (SSSR count). The smallest absolute Gasteiger partial charge is 0.416 e. The van der Waals surface area contributed by atoms with Crippen LogP contribution >= 0.6 is 0 Å². The average molecular weight is 349 g/mol. The molecule has 0 bridgehead atoms. The number of carbonyl (C=O) groups excluding carboxylic acids is 2. The zero-order valence-electron chi connectivity index (χ0n) is 12.7. The molecule has 4 nitrogen and oxygen atoms in total. The number of hydrogen-bond acceptors (Lipinski definition) is 4. The van der Waals surface area contributed by atoms with Crippen molar-refractivity contribution in [3.63, 3.8) is 0 Å². The number of halogens is 3. The highest BCUT2D eigenvalue weighted by atomic mass is 19.4. The number of carboxylic acid groups (broad SMARTS) is 1. The predicted octanol–water partition coefficient (Wildman–Crippen LogP) is 2.73. The van der Waals surface area contributed by atoms with Gasteiger partial charge in [-0.3, -0.25) is 4.79 Å². The molecule has 0 aliphatic carbocycles. The lowest BCUT2D eigenvalue weighted by molar-refractivity contribution is -0.307. The average Bonchev–Trinajstić information content (AvgIpc) is 2.58. The molecule has 0 saturated carbocycles. The molecule has 25 heavy (non-hydrogen) atoms. The van der Waals surface area contributed by atoms with Gasteiger partial charge in [-0.05, 0) is 48.0 Å². The van der Waals surface area contributed by atoms with Gasteiger partial charge < -0.3 is 14.6 Å². The van der Waals surface area contributed by atoms with E-state index in [1.54, 1.807) is 0 Å². The Labute approximate surface area is 141 Å². The largest absolute Gasteiger partial charge is 0.546 e. The SMILES string of the molecule is O=C([O-])COc1ccc(C(=O)/C=C/c2ccc(C(F)(F)F)cc2)cc1. The Morgan fingerprint density at radius 1 is 1.00 bits per heavy atom. The standard InChI is InChI=1S/C18H13F3O4/c19-18(20,21)14-6-1-12(2-7-14)3-10-16(22)13-4-8-15(9-5-13)25-11-17(23)24/h1-10H,11H2,(H,23,24)/p-1/b10-3+. The summed E-state index contributed by atoms with van der Waals surface area (Å²) < 4.78 is 42.3. The molecule has 130 valence electrons. The molecule has 0 amide bonds. The third-order valence-corrected chi connectivity index (χ3v) is 3.16. The predicted molar refractivity (Wildman–Crippen MR) is 81.8 cm³/mol. The summed E-state index contributed by atoms with van der Waals surface area (Å²) in [7, 11) is 0. The molecule has 0 unspecified atom stereocenters. The van der Waals surface area contributed by atoms with Gasteiger partial charge in [-0.2, -0.15) is 13.2 Å². The number of ketones is 1. The van der Waals surface area contributed by atoms with Crippen LogP contribution in [0.15, 0.2) is 54.6 Å². The first-order valence-corrected chi connectivity index (χ1v) is 7.08. The lowest BCUT2D eigenvalue weighted by Gasteiger charge is -2.06. The first-order valence-electron chi connectivity index (χ1n) is 7.08. The van der Waals surface area contributed by atoms with Crippen molar-refractivity contribution in [2.24, 2.45) is 0 Å². The fourth-order valence-corrected chi connectivity index (χ4v) is 1.91. The normalized spacial score (nSPS) is 11.5. The van der Waals surface area contributed by atoms with E-state index in [1.165, 1.54) is 48.6 Å². The second-order valence-corrected chi connectivity index (χ2v) is 5.00. The first kappa shape index (κ1) is 18.3. The number of rotatable bonds is 6. The van der Waals surface area contributed by atoms with Crippen molar-refractivity contribution in [3.05, 3.63) is 71.3 Å². The summed E-state index contributed by atoms with van der Waals surface area (Å²) in [5, 5.41) is 10.3. The van der Waals surface area contributed by atoms with Crippen LogP contribution in [0.1, 0.15) is 21.5 Å². The summed E-state index contributed by atoms with van der Waals surface area (Å²) in [6, 6.07) is 10.2. The highest BCUT2D eigenvalue weighted by Gasteiger charge is 2.29. The van der Waals surface area contributed by atoms with Crippen LogP contribution < -0.4 is 9.84 Å². The van der Waals surface area contributed by atoms with Crippen molar-refractivity contribution in [2.45, 2.75) is 6.18 Å². The molecule has 0 fully saturated rings. The van der Waals surface area contributed by atoms with Crippen molar-refractivity contribution < 1.29 is 32.6 Å². The highest BCUT2D eigenvalue weighted by Crippen LogP contribution is 2.29. The lowest BCUT2D eigenvalue weighted by Crippen LogP contribution is -2.28. The van der Waals surface area contributed by atoms with Crippen molar-refractivity contribution in [2.75, 3.05) is 6.61 Å². The Bertz CT molecular complexity index is 775. The highest BCUT2D eigenvalue weighted by molar-refractivity contribution is 6.06. The van der Waals surface area contributed by atoms with Crippen LogP contribution in [0.4, 0.5) is 13.2 Å². The van der Waals surface area contributed by atoms with Gasteiger partial charge in [0.2, 0.25) is 0 Å². The van der Waals surface area contributed by atoms with Crippen molar-refractivity contribution in [1.29, 1.82) is 0 Å². The van der Waals surface area contributed by atoms with Gasteiger partial charge in [0.25, 0.3) is 0 Å². The van der Waals surface area contributed by atoms with Gasteiger partial charge in [-0.15, -0.1) is 0 Å². The minimum absolute atomic E-state index is 0.271. The summed E-state index contributed by atoms with van der Waals surface area (Å²) >= 11 is 0. The third-order valence-electron chi connectivity index (χ3n) is 3.16. The fraction of sp³-hybridized carbons (Fsp3) is 0.111. The van der Waals surface area contributed by atoms with E-state index in [0.29, 0.717) is 11.1 Å². The molecule has 0 aliphatic rings. The maximum absolute atomic E-state index is 12.5. The molecule has 7 heteroatoms. The number of allylic oxidation sites excluding steroid dienone is 1. The van der Waals surface area contributed by atoms with Crippen molar-refractivity contribution in [1.82, 2.24) is 0 Å². The van der Waals surface area contributed by atoms with Gasteiger partial charge in [-0.25, -0.2) is 0 Å². The summed E-state index contributed by atoms with van der Waals surface area (Å²) in [6.45, 7) is -0.596. The number of hydrogen-bond donors (Lipinski definition) is 0. The van der Waals surface area contributed by atoms with Crippen LogP contribution in [0.3, 0.4) is 0 Å². The summed E-state index contributed by atoms with van der Waals surface area (Å²) in [4.78, 5) is 22.3. The number of ether oxygens (including phenoxy) is 1. The van der Waals surface area contributed by atoms with E-state index < -0.39 is 24.3 Å². The zero-order valence-corrected chi connectivity index (χ0v) is 12.7. The minimum atomic E-state index is -4.40. The van der Waals surface area contributed by atoms with Crippen LogP contribution in [0, 0.1) is 0 Å². The first-order chi connectivity index (χ1) is 11.8. The van der Waals surface area contributed by atoms with Gasteiger partial charge >= 0.3 is 6.18 Å². The molecule has 0 aromatic heterocycles. The van der Waals surface area contributed by atoms with Gasteiger partial charge in [-0.1, -0.05) is 18.2 Å². The van der Waals surface area contributed by atoms with Crippen LogP contribution in [-0.4, -0.2) is 18.4 Å². The topological polar surface area (TPSA) is 66.4 Å². The molecule has 0 saturated heterocycles. The number of alkyl halides is 3. The van der Waals surface area contributed by atoms with E-state index in [1.807, 2.05) is 0 Å². The molecular weight excluding hydrogens is 337 g/mol. The molecule has 0 N–H and O–H groups in total. The van der Waals surface area contributed by atoms with E-state index in [9.17, 15) is 27.9 Å². The van der Waals surface area contributed by atoms with E-state index in [2.05, 4.69) is 0 Å². The van der Waals surface area contributed by atoms with Crippen LogP contribution in [-0.2, 0) is 11.0 Å². The number of aliphatic carboxylic acids is 1. The Morgan fingerprint density at radius 2 is 1.60 bits per heavy atom. The van der Waals surface area contributed by atoms with Crippen LogP contribution in [0.5, 0.6) is 5.75 Å². The van der Waals surface area contributed by atoms with E-state index >= 15 is 0 Å². The molecule has 0 aliphatic heterocycles. The zero-order chi connectivity index (χ0) is 18.4. The second kappa shape index (κ2) is 7.65. The Kier molecular flexibility index (Phi) is 5.59. The minimum Gasteiger partial charge on any atom is -0.546 e. The number of benzene rings is 2. The molecule has 2 aromatic carbocycles. The molecule has 0 radical (unpaired) electrons. The van der Waals surface area contributed by atoms with Gasteiger partial charge in [0.15, 0.2) is 5.78 Å². The van der Waals surface area contributed by atoms with Gasteiger partial charge in [0, 0.05) is 5.56 Å². The second-order valence-electron chi connectivity index (χ2n) is 5.00. The van der Waals surface area contributed by atoms with Crippen molar-refractivity contribution >= 4 is 17.8 Å². The van der Waals surface area contributed by atoms with E-state index in [-0.39, 0.29) is 11.5 Å². The maximum atomic E-state index is 12.5. The number of carboxylic acids is 1. The summed E-state index contributed by atoms with van der Waals surface area (Å²) in [6.07, 6.45) is -1.76. The quantitative estimate of drug-likeness (QED) is 0.594. The maximum Gasteiger partial charge on any atom is 0.416 e. The van der Waals surface area contributed by atoms with Gasteiger partial charge in [0.05, 0.1) is 11.5 Å². The van der Waals surface area contributed by atoms with Crippen LogP contribution in [0.2, 0.25) is 0 Å². The fourth-order valence-electron chi connectivity index (χ4n) is 1.91. The van der Waals surface area contributed by atoms with Crippen LogP contribution in [0.25, 0.3) is 6.08 Å². The Morgan fingerprint density at radius 3 is 2.12 bits per heavy atom. The lowest BCUT2D eigenvalue weighted by atomic mass is 10.1. The molecule has 0 atom stereocenters. The molecule has 2 aromatic rings. The Balaban J connectivity index is 2.01. The monoisotopic (exact) mass is 349 g/mol. The van der Waals surface area contributed by atoms with Gasteiger partial charge in [0.1, 0.15) is 12.4 Å². The van der Waals surface area contributed by atoms with E-state index in [4.69, 9.17) is 4.74 Å². The molecule has 0 spiro atoms.